The van der Waals surface area contributed by atoms with Gasteiger partial charge in [0.2, 0.25) is 0 Å². The van der Waals surface area contributed by atoms with E-state index in [1.54, 1.807) is 4.99 Å². The molecule has 0 aliphatic carbocycles. The highest BCUT2D eigenvalue weighted by Crippen LogP contribution is 2.03. The van der Waals surface area contributed by atoms with Gasteiger partial charge in [-0.2, -0.15) is 0 Å². The zero-order valence-corrected chi connectivity index (χ0v) is 7.66. The fraction of sp³-hybridized carbons (Fsp3) is 0.625. The van der Waals surface area contributed by atoms with Gasteiger partial charge in [0.05, 0.1) is 0 Å². The van der Waals surface area contributed by atoms with Crippen molar-refractivity contribution < 1.29 is 0 Å². The molecule has 0 bridgehead atoms. The molecule has 0 aliphatic rings. The first-order valence-corrected chi connectivity index (χ1v) is 4.23. The Kier molecular flexibility index (Phi) is 6.12. The largest absolute Gasteiger partial charge is 0.114 e. The third kappa shape index (κ3) is 5.88. The van der Waals surface area contributed by atoms with Crippen molar-refractivity contribution >= 4 is 15.9 Å². The molecule has 0 aromatic carbocycles. The molecule has 0 saturated carbocycles. The standard InChI is InChI=1S/C8H13Br/c1-3-4-5-8(2)6-7-9/h7H,3-5H2,1-2H3. The number of unbranched alkanes of at least 4 members (excludes halogenated alkanes) is 1. The summed E-state index contributed by atoms with van der Waals surface area (Å²) in [5.74, 6) is 0. The molecule has 0 unspecified atom stereocenters. The van der Waals surface area contributed by atoms with E-state index in [0.717, 1.165) is 0 Å². The van der Waals surface area contributed by atoms with Gasteiger partial charge in [-0.05, 0) is 25.3 Å². The van der Waals surface area contributed by atoms with E-state index < -0.39 is 0 Å². The number of allylic oxidation sites excluding steroid dienone is 1. The molecule has 0 nitrogen and oxygen atoms in total. The summed E-state index contributed by atoms with van der Waals surface area (Å²) < 4.78 is 0. The lowest BCUT2D eigenvalue weighted by Gasteiger charge is -1.92. The number of hydrogen-bond acceptors (Lipinski definition) is 0. The predicted octanol–water partition coefficient (Wildman–Crippen LogP) is 3.63. The Bertz CT molecular complexity index is 119. The van der Waals surface area contributed by atoms with Crippen LogP contribution in [0.5, 0.6) is 0 Å². The van der Waals surface area contributed by atoms with Gasteiger partial charge < -0.3 is 0 Å². The summed E-state index contributed by atoms with van der Waals surface area (Å²) in [5, 5.41) is 0. The van der Waals surface area contributed by atoms with Crippen LogP contribution in [-0.2, 0) is 0 Å². The van der Waals surface area contributed by atoms with E-state index in [4.69, 9.17) is 0 Å². The number of halogens is 1. The van der Waals surface area contributed by atoms with Gasteiger partial charge in [-0.1, -0.05) is 29.3 Å². The molecule has 0 aliphatic heterocycles. The van der Waals surface area contributed by atoms with Crippen molar-refractivity contribution in [2.45, 2.75) is 33.1 Å². The van der Waals surface area contributed by atoms with Crippen LogP contribution in [0.4, 0.5) is 0 Å². The minimum absolute atomic E-state index is 1.18. The second-order valence-corrected chi connectivity index (χ2v) is 2.60. The maximum absolute atomic E-state index is 3.18. The Hall–Kier alpha value is 0. The van der Waals surface area contributed by atoms with E-state index in [-0.39, 0.29) is 0 Å². The van der Waals surface area contributed by atoms with Crippen molar-refractivity contribution in [2.75, 3.05) is 0 Å². The Labute approximate surface area is 65.8 Å². The van der Waals surface area contributed by atoms with Crippen LogP contribution in [0.15, 0.2) is 16.3 Å². The van der Waals surface area contributed by atoms with E-state index in [0.29, 0.717) is 0 Å². The van der Waals surface area contributed by atoms with Gasteiger partial charge in [-0.3, -0.25) is 0 Å². The average molecular weight is 189 g/mol. The van der Waals surface area contributed by atoms with Crippen LogP contribution in [0.2, 0.25) is 0 Å². The fourth-order valence-corrected chi connectivity index (χ4v) is 0.998. The third-order valence-corrected chi connectivity index (χ3v) is 1.44. The van der Waals surface area contributed by atoms with Crippen LogP contribution in [0.3, 0.4) is 0 Å². The minimum Gasteiger partial charge on any atom is -0.114 e. The normalized spacial score (nSPS) is 8.33. The van der Waals surface area contributed by atoms with E-state index in [1.165, 1.54) is 24.8 Å². The number of hydrogen-bond donors (Lipinski definition) is 0. The molecule has 0 heterocycles. The molecule has 0 fully saturated rings. The summed E-state index contributed by atoms with van der Waals surface area (Å²) in [6.07, 6.45) is 3.72. The molecule has 9 heavy (non-hydrogen) atoms. The highest BCUT2D eigenvalue weighted by atomic mass is 79.9. The first-order valence-electron chi connectivity index (χ1n) is 3.32. The minimum atomic E-state index is 1.18. The van der Waals surface area contributed by atoms with Crippen molar-refractivity contribution in [1.82, 2.24) is 0 Å². The summed E-state index contributed by atoms with van der Waals surface area (Å²) >= 11 is 3.18. The average Bonchev–Trinajstić information content (AvgIpc) is 1.85. The Morgan fingerprint density at radius 3 is 2.78 bits per heavy atom. The second-order valence-electron chi connectivity index (χ2n) is 2.14. The van der Waals surface area contributed by atoms with E-state index in [9.17, 15) is 0 Å². The molecule has 0 N–H and O–H groups in total. The maximum Gasteiger partial charge on any atom is 0.0231 e. The van der Waals surface area contributed by atoms with E-state index >= 15 is 0 Å². The van der Waals surface area contributed by atoms with Gasteiger partial charge >= 0.3 is 0 Å². The number of rotatable bonds is 3. The first-order chi connectivity index (χ1) is 4.31. The lowest BCUT2D eigenvalue weighted by molar-refractivity contribution is 0.788. The zero-order chi connectivity index (χ0) is 7.11. The molecule has 0 rings (SSSR count). The van der Waals surface area contributed by atoms with Gasteiger partial charge in [-0.15, -0.1) is 5.73 Å². The van der Waals surface area contributed by atoms with Crippen LogP contribution in [0.1, 0.15) is 33.1 Å². The van der Waals surface area contributed by atoms with Crippen LogP contribution in [0, 0.1) is 0 Å². The Balaban J connectivity index is 3.50. The van der Waals surface area contributed by atoms with Crippen molar-refractivity contribution in [2.24, 2.45) is 0 Å². The monoisotopic (exact) mass is 188 g/mol. The highest BCUT2D eigenvalue weighted by molar-refractivity contribution is 9.11. The molecular formula is C8H13Br. The predicted molar refractivity (Wildman–Crippen MR) is 45.7 cm³/mol. The van der Waals surface area contributed by atoms with E-state index in [2.05, 4.69) is 35.5 Å². The highest BCUT2D eigenvalue weighted by Gasteiger charge is 1.84. The third-order valence-electron chi connectivity index (χ3n) is 1.21. The molecule has 0 saturated heterocycles. The Morgan fingerprint density at radius 2 is 2.33 bits per heavy atom. The molecular weight excluding hydrogens is 176 g/mol. The molecule has 0 aromatic heterocycles. The second kappa shape index (κ2) is 6.12. The van der Waals surface area contributed by atoms with Crippen LogP contribution in [0.25, 0.3) is 0 Å². The molecule has 0 spiro atoms. The van der Waals surface area contributed by atoms with Gasteiger partial charge in [0, 0.05) is 4.99 Å². The lowest BCUT2D eigenvalue weighted by Crippen LogP contribution is -1.72. The SMILES string of the molecule is CCCCC(C)=C=CBr. The van der Waals surface area contributed by atoms with Crippen molar-refractivity contribution in [3.05, 3.63) is 16.3 Å². The molecule has 52 valence electrons. The molecule has 0 atom stereocenters. The molecule has 0 amide bonds. The van der Waals surface area contributed by atoms with Crippen LogP contribution in [-0.4, -0.2) is 0 Å². The quantitative estimate of drug-likeness (QED) is 0.594. The van der Waals surface area contributed by atoms with Gasteiger partial charge in [0.25, 0.3) is 0 Å². The van der Waals surface area contributed by atoms with Gasteiger partial charge in [-0.25, -0.2) is 0 Å². The topological polar surface area (TPSA) is 0 Å². The smallest absolute Gasteiger partial charge is 0.0231 e. The summed E-state index contributed by atoms with van der Waals surface area (Å²) in [7, 11) is 0. The lowest BCUT2D eigenvalue weighted by atomic mass is 10.1. The van der Waals surface area contributed by atoms with Crippen molar-refractivity contribution in [3.63, 3.8) is 0 Å². The Morgan fingerprint density at radius 1 is 1.67 bits per heavy atom. The fourth-order valence-electron chi connectivity index (χ4n) is 0.607. The molecule has 0 radical (unpaired) electrons. The molecule has 1 heteroatoms. The van der Waals surface area contributed by atoms with Crippen molar-refractivity contribution in [1.29, 1.82) is 0 Å². The first kappa shape index (κ1) is 9.00. The zero-order valence-electron chi connectivity index (χ0n) is 6.08. The van der Waals surface area contributed by atoms with Crippen LogP contribution < -0.4 is 0 Å². The summed E-state index contributed by atoms with van der Waals surface area (Å²) in [4.78, 5) is 1.79. The summed E-state index contributed by atoms with van der Waals surface area (Å²) in [6.45, 7) is 4.30. The van der Waals surface area contributed by atoms with Crippen LogP contribution >= 0.6 is 15.9 Å². The molecule has 0 aromatic rings. The summed E-state index contributed by atoms with van der Waals surface area (Å²) in [6, 6.07) is 0. The summed E-state index contributed by atoms with van der Waals surface area (Å²) in [5.41, 5.74) is 4.42. The van der Waals surface area contributed by atoms with E-state index in [1.807, 2.05) is 0 Å². The van der Waals surface area contributed by atoms with Crippen molar-refractivity contribution in [3.8, 4) is 0 Å². The van der Waals surface area contributed by atoms with Gasteiger partial charge in [0.1, 0.15) is 0 Å². The van der Waals surface area contributed by atoms with Gasteiger partial charge in [0.15, 0.2) is 0 Å². The maximum atomic E-state index is 3.18.